The summed E-state index contributed by atoms with van der Waals surface area (Å²) in [7, 11) is 3.01. The van der Waals surface area contributed by atoms with Gasteiger partial charge in [0, 0.05) is 35.8 Å². The SMILES string of the molecule is COc1ncc(-c2cc(C3C[C@@H]3c3ccc(OCC(F)F)cn3)c3nccn3n2)c(OC)n1. The number of fused-ring (bicyclic) bond motifs is 1. The molecule has 1 saturated carbocycles. The van der Waals surface area contributed by atoms with Crippen molar-refractivity contribution in [2.45, 2.75) is 24.7 Å². The lowest BCUT2D eigenvalue weighted by molar-refractivity contribution is 0.0817. The average molecular weight is 454 g/mol. The van der Waals surface area contributed by atoms with Crippen LogP contribution in [-0.2, 0) is 0 Å². The Hall–Kier alpha value is -3.89. The van der Waals surface area contributed by atoms with Gasteiger partial charge in [-0.15, -0.1) is 0 Å². The maximum absolute atomic E-state index is 12.3. The molecule has 4 aromatic heterocycles. The number of hydrogen-bond acceptors (Lipinski definition) is 8. The van der Waals surface area contributed by atoms with Gasteiger partial charge in [0.05, 0.1) is 31.7 Å². The number of nitrogens with zero attached hydrogens (tertiary/aromatic N) is 6. The standard InChI is InChI=1S/C22H20F2N6O3/c1-31-21-16(10-27-22(28-21)32-2)18-8-15(20-25-5-6-30(20)29-18)13-7-14(13)17-4-3-12(9-26-17)33-11-19(23)24/h3-6,8-10,13-14,19H,7,11H2,1-2H3/t13?,14-/m0/s1. The first kappa shape index (κ1) is 21.0. The van der Waals surface area contributed by atoms with Crippen molar-refractivity contribution in [1.29, 1.82) is 0 Å². The lowest BCUT2D eigenvalue weighted by Gasteiger charge is -2.10. The molecule has 0 N–H and O–H groups in total. The van der Waals surface area contributed by atoms with E-state index < -0.39 is 13.0 Å². The van der Waals surface area contributed by atoms with Crippen LogP contribution in [0.25, 0.3) is 16.9 Å². The topological polar surface area (TPSA) is 96.6 Å². The molecule has 33 heavy (non-hydrogen) atoms. The molecule has 0 aliphatic heterocycles. The second-order valence-corrected chi connectivity index (χ2v) is 7.53. The summed E-state index contributed by atoms with van der Waals surface area (Å²) in [5, 5.41) is 4.64. The minimum atomic E-state index is -2.52. The number of pyridine rings is 1. The Morgan fingerprint density at radius 2 is 1.97 bits per heavy atom. The summed E-state index contributed by atoms with van der Waals surface area (Å²) in [6.45, 7) is -0.650. The Kier molecular flexibility index (Phi) is 5.45. The number of ether oxygens (including phenoxy) is 3. The normalized spacial score (nSPS) is 17.4. The monoisotopic (exact) mass is 454 g/mol. The summed E-state index contributed by atoms with van der Waals surface area (Å²) in [4.78, 5) is 17.3. The fourth-order valence-corrected chi connectivity index (χ4v) is 3.85. The quantitative estimate of drug-likeness (QED) is 0.399. The van der Waals surface area contributed by atoms with Crippen molar-refractivity contribution < 1.29 is 23.0 Å². The third-order valence-corrected chi connectivity index (χ3v) is 5.48. The predicted octanol–water partition coefficient (Wildman–Crippen LogP) is 3.51. The van der Waals surface area contributed by atoms with Gasteiger partial charge in [0.2, 0.25) is 5.88 Å². The maximum atomic E-state index is 12.3. The molecule has 1 unspecified atom stereocenters. The van der Waals surface area contributed by atoms with E-state index in [0.717, 1.165) is 23.3 Å². The fourth-order valence-electron chi connectivity index (χ4n) is 3.85. The Bertz CT molecular complexity index is 1280. The van der Waals surface area contributed by atoms with E-state index in [4.69, 9.17) is 14.2 Å². The van der Waals surface area contributed by atoms with E-state index in [1.54, 1.807) is 29.2 Å². The highest BCUT2D eigenvalue weighted by molar-refractivity contribution is 5.68. The Balaban J connectivity index is 1.45. The number of halogens is 2. The smallest absolute Gasteiger partial charge is 0.319 e. The van der Waals surface area contributed by atoms with Crippen molar-refractivity contribution in [3.8, 4) is 28.9 Å². The Morgan fingerprint density at radius 3 is 2.70 bits per heavy atom. The van der Waals surface area contributed by atoms with E-state index >= 15 is 0 Å². The van der Waals surface area contributed by atoms with Crippen molar-refractivity contribution in [3.05, 3.63) is 54.2 Å². The maximum Gasteiger partial charge on any atom is 0.319 e. The molecule has 1 aliphatic rings. The highest BCUT2D eigenvalue weighted by atomic mass is 19.3. The van der Waals surface area contributed by atoms with Gasteiger partial charge in [0.25, 0.3) is 6.43 Å². The van der Waals surface area contributed by atoms with Crippen LogP contribution in [0.4, 0.5) is 8.78 Å². The molecule has 0 saturated heterocycles. The van der Waals surface area contributed by atoms with Crippen molar-refractivity contribution in [3.63, 3.8) is 0 Å². The molecule has 2 atom stereocenters. The third kappa shape index (κ3) is 4.13. The molecule has 0 spiro atoms. The Labute approximate surface area is 187 Å². The summed E-state index contributed by atoms with van der Waals surface area (Å²) in [6.07, 6.45) is 4.93. The largest absolute Gasteiger partial charge is 0.486 e. The van der Waals surface area contributed by atoms with Crippen molar-refractivity contribution in [2.75, 3.05) is 20.8 Å². The van der Waals surface area contributed by atoms with E-state index in [1.807, 2.05) is 12.1 Å². The van der Waals surface area contributed by atoms with Gasteiger partial charge in [0.15, 0.2) is 5.65 Å². The lowest BCUT2D eigenvalue weighted by Crippen LogP contribution is -2.07. The summed E-state index contributed by atoms with van der Waals surface area (Å²) >= 11 is 0. The number of aromatic nitrogens is 6. The number of methoxy groups -OCH3 is 2. The van der Waals surface area contributed by atoms with Gasteiger partial charge in [0.1, 0.15) is 12.4 Å². The molecule has 5 rings (SSSR count). The molecular formula is C22H20F2N6O3. The molecule has 9 nitrogen and oxygen atoms in total. The highest BCUT2D eigenvalue weighted by Crippen LogP contribution is 2.55. The van der Waals surface area contributed by atoms with Crippen molar-refractivity contribution >= 4 is 5.65 Å². The summed E-state index contributed by atoms with van der Waals surface area (Å²) < 4.78 is 41.9. The van der Waals surface area contributed by atoms with Crippen LogP contribution in [-0.4, -0.2) is 56.8 Å². The zero-order valence-electron chi connectivity index (χ0n) is 17.9. The second kappa shape index (κ2) is 8.57. The van der Waals surface area contributed by atoms with Crippen LogP contribution in [0, 0.1) is 0 Å². The van der Waals surface area contributed by atoms with E-state index in [1.165, 1.54) is 20.4 Å². The molecule has 4 aromatic rings. The van der Waals surface area contributed by atoms with E-state index in [-0.39, 0.29) is 17.8 Å². The molecule has 4 heterocycles. The van der Waals surface area contributed by atoms with Gasteiger partial charge < -0.3 is 14.2 Å². The molecule has 1 aliphatic carbocycles. The molecule has 1 fully saturated rings. The van der Waals surface area contributed by atoms with E-state index in [0.29, 0.717) is 22.9 Å². The molecule has 11 heteroatoms. The van der Waals surface area contributed by atoms with Crippen LogP contribution in [0.15, 0.2) is 43.0 Å². The van der Waals surface area contributed by atoms with Gasteiger partial charge in [-0.1, -0.05) is 0 Å². The number of hydrogen-bond donors (Lipinski definition) is 0. The zero-order valence-corrected chi connectivity index (χ0v) is 17.9. The number of alkyl halides is 2. The first-order chi connectivity index (χ1) is 16.1. The van der Waals surface area contributed by atoms with E-state index in [9.17, 15) is 8.78 Å². The van der Waals surface area contributed by atoms with Gasteiger partial charge >= 0.3 is 6.01 Å². The number of rotatable bonds is 8. The summed E-state index contributed by atoms with van der Waals surface area (Å²) in [6, 6.07) is 5.66. The first-order valence-corrected chi connectivity index (χ1v) is 10.2. The molecule has 0 aromatic carbocycles. The highest BCUT2D eigenvalue weighted by Gasteiger charge is 2.42. The lowest BCUT2D eigenvalue weighted by atomic mass is 10.1. The third-order valence-electron chi connectivity index (χ3n) is 5.48. The van der Waals surface area contributed by atoms with Crippen LogP contribution in [0.1, 0.15) is 29.5 Å². The predicted molar refractivity (Wildman–Crippen MR) is 113 cm³/mol. The van der Waals surface area contributed by atoms with E-state index in [2.05, 4.69) is 25.0 Å². The molecule has 0 radical (unpaired) electrons. The summed E-state index contributed by atoms with van der Waals surface area (Å²) in [5.74, 6) is 1.04. The Morgan fingerprint density at radius 1 is 1.09 bits per heavy atom. The van der Waals surface area contributed by atoms with Crippen LogP contribution < -0.4 is 14.2 Å². The van der Waals surface area contributed by atoms with Crippen molar-refractivity contribution in [1.82, 2.24) is 29.5 Å². The minimum absolute atomic E-state index is 0.180. The number of imidazole rings is 1. The van der Waals surface area contributed by atoms with Crippen LogP contribution in [0.2, 0.25) is 0 Å². The average Bonchev–Trinajstić information content (AvgIpc) is 3.49. The first-order valence-electron chi connectivity index (χ1n) is 10.2. The fraction of sp³-hybridized carbons (Fsp3) is 0.318. The van der Waals surface area contributed by atoms with Crippen LogP contribution in [0.5, 0.6) is 17.6 Å². The van der Waals surface area contributed by atoms with Gasteiger partial charge in [-0.2, -0.15) is 10.1 Å². The van der Waals surface area contributed by atoms with Crippen LogP contribution >= 0.6 is 0 Å². The minimum Gasteiger partial charge on any atom is -0.486 e. The van der Waals surface area contributed by atoms with Gasteiger partial charge in [-0.25, -0.2) is 23.3 Å². The molecule has 170 valence electrons. The van der Waals surface area contributed by atoms with Crippen LogP contribution in [0.3, 0.4) is 0 Å². The van der Waals surface area contributed by atoms with Gasteiger partial charge in [-0.05, 0) is 30.5 Å². The van der Waals surface area contributed by atoms with Gasteiger partial charge in [-0.3, -0.25) is 4.98 Å². The molecular weight excluding hydrogens is 434 g/mol. The molecule has 0 bridgehead atoms. The summed E-state index contributed by atoms with van der Waals surface area (Å²) in [5.41, 5.74) is 3.93. The van der Waals surface area contributed by atoms with Crippen molar-refractivity contribution in [2.24, 2.45) is 0 Å². The zero-order chi connectivity index (χ0) is 22.9. The second-order valence-electron chi connectivity index (χ2n) is 7.53. The molecule has 0 amide bonds.